The maximum atomic E-state index is 11.5. The zero-order chi connectivity index (χ0) is 11.5. The van der Waals surface area contributed by atoms with Crippen molar-refractivity contribution in [1.82, 2.24) is 0 Å². The van der Waals surface area contributed by atoms with Crippen LogP contribution in [0.4, 0.5) is 0 Å². The van der Waals surface area contributed by atoms with Crippen molar-refractivity contribution in [1.29, 1.82) is 0 Å². The molecule has 0 aliphatic heterocycles. The summed E-state index contributed by atoms with van der Waals surface area (Å²) < 4.78 is 5.30. The molecule has 0 saturated carbocycles. The van der Waals surface area contributed by atoms with Gasteiger partial charge in [0.2, 0.25) is 0 Å². The van der Waals surface area contributed by atoms with Gasteiger partial charge in [0.1, 0.15) is 5.75 Å². The molecule has 1 aliphatic carbocycles. The molecule has 2 rings (SSSR count). The minimum Gasteiger partial charge on any atom is -0.496 e. The monoisotopic (exact) mass is 217 g/mol. The third kappa shape index (κ3) is 2.08. The van der Waals surface area contributed by atoms with E-state index in [-0.39, 0.29) is 11.7 Å². The molecule has 0 bridgehead atoms. The first-order valence-electron chi connectivity index (χ1n) is 5.32. The molecule has 0 saturated heterocycles. The van der Waals surface area contributed by atoms with E-state index in [1.54, 1.807) is 7.11 Å². The summed E-state index contributed by atoms with van der Waals surface area (Å²) >= 11 is 0. The largest absolute Gasteiger partial charge is 0.496 e. The van der Waals surface area contributed by atoms with Gasteiger partial charge in [0.25, 0.3) is 0 Å². The summed E-state index contributed by atoms with van der Waals surface area (Å²) in [5.41, 5.74) is 7.47. The summed E-state index contributed by atoms with van der Waals surface area (Å²) in [7, 11) is 1.64. The molecule has 1 aromatic rings. The number of methoxy groups -OCH3 is 1. The van der Waals surface area contributed by atoms with Crippen molar-refractivity contribution in [3.8, 4) is 5.75 Å². The fourth-order valence-electron chi connectivity index (χ4n) is 2.15. The van der Waals surface area contributed by atoms with Crippen molar-refractivity contribution in [2.75, 3.05) is 7.11 Å². The quantitative estimate of drug-likeness (QED) is 0.824. The number of ketones is 1. The molecule has 0 heterocycles. The molecule has 0 radical (unpaired) electrons. The Kier molecular flexibility index (Phi) is 2.95. The number of benzene rings is 1. The van der Waals surface area contributed by atoms with Gasteiger partial charge in [0, 0.05) is 18.0 Å². The Bertz CT molecular complexity index is 437. The maximum absolute atomic E-state index is 11.5. The number of carbonyl (C=O) groups is 1. The summed E-state index contributed by atoms with van der Waals surface area (Å²) in [4.78, 5) is 11.5. The molecule has 1 aromatic carbocycles. The summed E-state index contributed by atoms with van der Waals surface area (Å²) in [5, 5.41) is 0. The third-order valence-corrected chi connectivity index (χ3v) is 2.85. The number of hydrogen-bond acceptors (Lipinski definition) is 3. The van der Waals surface area contributed by atoms with E-state index >= 15 is 0 Å². The van der Waals surface area contributed by atoms with Crippen LogP contribution in [-0.4, -0.2) is 12.9 Å². The molecule has 0 aromatic heterocycles. The highest BCUT2D eigenvalue weighted by molar-refractivity contribution is 5.92. The molecular weight excluding hydrogens is 202 g/mol. The molecule has 1 aliphatic rings. The lowest BCUT2D eigenvalue weighted by Crippen LogP contribution is -2.17. The van der Waals surface area contributed by atoms with Crippen LogP contribution in [0.3, 0.4) is 0 Å². The maximum Gasteiger partial charge on any atom is 0.158 e. The van der Waals surface area contributed by atoms with Crippen molar-refractivity contribution in [2.45, 2.75) is 18.8 Å². The molecule has 0 fully saturated rings. The first kappa shape index (κ1) is 10.7. The second-order valence-electron chi connectivity index (χ2n) is 4.03. The highest BCUT2D eigenvalue weighted by Gasteiger charge is 2.23. The number of carbonyl (C=O) groups excluding carboxylic acids is 1. The van der Waals surface area contributed by atoms with Crippen LogP contribution in [0.15, 0.2) is 36.0 Å². The Morgan fingerprint density at radius 1 is 1.31 bits per heavy atom. The Labute approximate surface area is 94.9 Å². The summed E-state index contributed by atoms with van der Waals surface area (Å²) in [6, 6.07) is 7.78. The Hall–Kier alpha value is -1.77. The average Bonchev–Trinajstić information content (AvgIpc) is 2.27. The molecule has 16 heavy (non-hydrogen) atoms. The van der Waals surface area contributed by atoms with E-state index in [1.165, 1.54) is 6.08 Å². The van der Waals surface area contributed by atoms with E-state index in [2.05, 4.69) is 0 Å². The number of nitrogens with two attached hydrogens (primary N) is 1. The van der Waals surface area contributed by atoms with Gasteiger partial charge in [-0.2, -0.15) is 0 Å². The summed E-state index contributed by atoms with van der Waals surface area (Å²) in [5.74, 6) is 1.07. The van der Waals surface area contributed by atoms with Gasteiger partial charge in [-0.05, 0) is 24.1 Å². The van der Waals surface area contributed by atoms with Crippen LogP contribution in [0.5, 0.6) is 5.75 Å². The second-order valence-corrected chi connectivity index (χ2v) is 4.03. The Morgan fingerprint density at radius 3 is 2.75 bits per heavy atom. The molecule has 3 heteroatoms. The smallest absolute Gasteiger partial charge is 0.158 e. The molecule has 84 valence electrons. The lowest BCUT2D eigenvalue weighted by Gasteiger charge is -2.22. The van der Waals surface area contributed by atoms with Crippen molar-refractivity contribution < 1.29 is 9.53 Å². The second kappa shape index (κ2) is 4.39. The predicted octanol–water partition coefficient (Wildman–Crippen LogP) is 1.98. The molecule has 3 nitrogen and oxygen atoms in total. The van der Waals surface area contributed by atoms with Crippen LogP contribution < -0.4 is 10.5 Å². The van der Waals surface area contributed by atoms with Gasteiger partial charge in [-0.15, -0.1) is 0 Å². The lowest BCUT2D eigenvalue weighted by molar-refractivity contribution is -0.115. The summed E-state index contributed by atoms with van der Waals surface area (Å²) in [6.45, 7) is 0. The van der Waals surface area contributed by atoms with E-state index < -0.39 is 0 Å². The van der Waals surface area contributed by atoms with Gasteiger partial charge in [0.15, 0.2) is 5.78 Å². The van der Waals surface area contributed by atoms with Crippen LogP contribution in [0.1, 0.15) is 24.3 Å². The first-order chi connectivity index (χ1) is 7.70. The molecule has 0 amide bonds. The highest BCUT2D eigenvalue weighted by Crippen LogP contribution is 2.34. The molecule has 1 atom stereocenters. The fraction of sp³-hybridized carbons (Fsp3) is 0.308. The molecule has 1 unspecified atom stereocenters. The van der Waals surface area contributed by atoms with Crippen molar-refractivity contribution in [3.63, 3.8) is 0 Å². The van der Waals surface area contributed by atoms with Gasteiger partial charge < -0.3 is 10.5 Å². The average molecular weight is 217 g/mol. The van der Waals surface area contributed by atoms with Crippen molar-refractivity contribution >= 4 is 5.78 Å². The van der Waals surface area contributed by atoms with Crippen LogP contribution in [0.2, 0.25) is 0 Å². The van der Waals surface area contributed by atoms with E-state index in [9.17, 15) is 4.79 Å². The topological polar surface area (TPSA) is 52.3 Å². The van der Waals surface area contributed by atoms with Crippen LogP contribution in [-0.2, 0) is 4.79 Å². The third-order valence-electron chi connectivity index (χ3n) is 2.85. The number of hydrogen-bond donors (Lipinski definition) is 1. The van der Waals surface area contributed by atoms with E-state index in [0.717, 1.165) is 17.7 Å². The highest BCUT2D eigenvalue weighted by atomic mass is 16.5. The number of ether oxygens (including phenoxy) is 1. The van der Waals surface area contributed by atoms with Gasteiger partial charge in [-0.1, -0.05) is 18.2 Å². The number of para-hydroxylation sites is 1. The zero-order valence-corrected chi connectivity index (χ0v) is 9.27. The lowest BCUT2D eigenvalue weighted by atomic mass is 9.85. The Morgan fingerprint density at radius 2 is 2.06 bits per heavy atom. The van der Waals surface area contributed by atoms with E-state index in [0.29, 0.717) is 12.1 Å². The van der Waals surface area contributed by atoms with Gasteiger partial charge >= 0.3 is 0 Å². The van der Waals surface area contributed by atoms with Gasteiger partial charge in [-0.3, -0.25) is 4.79 Å². The predicted molar refractivity (Wildman–Crippen MR) is 62.2 cm³/mol. The zero-order valence-electron chi connectivity index (χ0n) is 9.27. The summed E-state index contributed by atoms with van der Waals surface area (Å²) in [6.07, 6.45) is 2.78. The number of rotatable bonds is 2. The molecule has 2 N–H and O–H groups in total. The van der Waals surface area contributed by atoms with Crippen LogP contribution in [0.25, 0.3) is 0 Å². The van der Waals surface area contributed by atoms with Crippen LogP contribution in [0, 0.1) is 0 Å². The van der Waals surface area contributed by atoms with Crippen LogP contribution >= 0.6 is 0 Å². The van der Waals surface area contributed by atoms with Crippen molar-refractivity contribution in [2.24, 2.45) is 5.73 Å². The standard InChI is InChI=1S/C13H15NO2/c1-16-13-5-3-2-4-12(13)9-6-10(14)8-11(15)7-9/h2-5,8-9H,6-7,14H2,1H3. The van der Waals surface area contributed by atoms with E-state index in [1.807, 2.05) is 24.3 Å². The molecular formula is C13H15NO2. The number of allylic oxidation sites excluding steroid dienone is 2. The first-order valence-corrected chi connectivity index (χ1v) is 5.32. The SMILES string of the molecule is COc1ccccc1C1CC(=O)C=C(N)C1. The van der Waals surface area contributed by atoms with Gasteiger partial charge in [0.05, 0.1) is 7.11 Å². The van der Waals surface area contributed by atoms with E-state index in [4.69, 9.17) is 10.5 Å². The minimum absolute atomic E-state index is 0.0969. The normalized spacial score (nSPS) is 20.4. The molecule has 0 spiro atoms. The Balaban J connectivity index is 2.31. The minimum atomic E-state index is 0.0969. The van der Waals surface area contributed by atoms with Crippen molar-refractivity contribution in [3.05, 3.63) is 41.6 Å². The fourth-order valence-corrected chi connectivity index (χ4v) is 2.15. The van der Waals surface area contributed by atoms with Gasteiger partial charge in [-0.25, -0.2) is 0 Å².